The van der Waals surface area contributed by atoms with Gasteiger partial charge in [0.25, 0.3) is 0 Å². The minimum absolute atomic E-state index is 0.0709. The molecule has 0 unspecified atom stereocenters. The Hall–Kier alpha value is -1.74. The molecule has 0 radical (unpaired) electrons. The topological polar surface area (TPSA) is 40.5 Å². The Morgan fingerprint density at radius 3 is 2.20 bits per heavy atom. The van der Waals surface area contributed by atoms with E-state index in [0.29, 0.717) is 0 Å². The first-order valence-electron chi connectivity index (χ1n) is 4.57. The number of fused-ring (bicyclic) bond motifs is 2. The van der Waals surface area contributed by atoms with Gasteiger partial charge in [-0.25, -0.2) is 0 Å². The molecule has 0 fully saturated rings. The number of hydrogen-bond acceptors (Lipinski definition) is 3. The largest absolute Gasteiger partial charge is 0.504 e. The quantitative estimate of drug-likeness (QED) is 0.565. The van der Waals surface area contributed by atoms with Gasteiger partial charge in [-0.3, -0.25) is 0 Å². The number of phenols is 2. The SMILES string of the molecule is Oc1cc2cc3ccsc3cc2cc1O. The first-order chi connectivity index (χ1) is 7.24. The molecule has 0 amide bonds. The molecule has 0 aliphatic carbocycles. The number of aromatic hydroxyl groups is 2. The van der Waals surface area contributed by atoms with Crippen LogP contribution >= 0.6 is 11.3 Å². The van der Waals surface area contributed by atoms with Gasteiger partial charge in [-0.05, 0) is 51.9 Å². The molecular weight excluding hydrogens is 208 g/mol. The van der Waals surface area contributed by atoms with E-state index in [1.165, 1.54) is 4.70 Å². The minimum Gasteiger partial charge on any atom is -0.504 e. The summed E-state index contributed by atoms with van der Waals surface area (Å²) in [5.41, 5.74) is 0. The molecule has 3 rings (SSSR count). The van der Waals surface area contributed by atoms with E-state index in [1.807, 2.05) is 23.6 Å². The van der Waals surface area contributed by atoms with Crippen LogP contribution in [-0.2, 0) is 0 Å². The summed E-state index contributed by atoms with van der Waals surface area (Å²) in [5.74, 6) is -0.143. The van der Waals surface area contributed by atoms with E-state index in [0.717, 1.165) is 16.2 Å². The van der Waals surface area contributed by atoms with Crippen molar-refractivity contribution in [2.24, 2.45) is 0 Å². The highest BCUT2D eigenvalue weighted by Crippen LogP contribution is 2.33. The van der Waals surface area contributed by atoms with Gasteiger partial charge in [0.2, 0.25) is 0 Å². The van der Waals surface area contributed by atoms with Crippen LogP contribution in [0, 0.1) is 0 Å². The maximum absolute atomic E-state index is 9.39. The molecule has 0 saturated heterocycles. The number of hydrogen-bond donors (Lipinski definition) is 2. The third-order valence-corrected chi connectivity index (χ3v) is 3.38. The Labute approximate surface area is 90.0 Å². The molecule has 2 aromatic carbocycles. The first kappa shape index (κ1) is 8.56. The van der Waals surface area contributed by atoms with E-state index in [-0.39, 0.29) is 11.5 Å². The summed E-state index contributed by atoms with van der Waals surface area (Å²) in [5, 5.41) is 23.9. The van der Waals surface area contributed by atoms with E-state index >= 15 is 0 Å². The van der Waals surface area contributed by atoms with Crippen LogP contribution in [0.5, 0.6) is 11.5 Å². The number of benzene rings is 2. The van der Waals surface area contributed by atoms with Crippen LogP contribution in [0.2, 0.25) is 0 Å². The average molecular weight is 216 g/mol. The summed E-state index contributed by atoms with van der Waals surface area (Å²) in [6.07, 6.45) is 0. The zero-order chi connectivity index (χ0) is 10.4. The van der Waals surface area contributed by atoms with Gasteiger partial charge in [0, 0.05) is 4.70 Å². The fraction of sp³-hybridized carbons (Fsp3) is 0. The van der Waals surface area contributed by atoms with Crippen molar-refractivity contribution in [1.29, 1.82) is 0 Å². The third-order valence-electron chi connectivity index (χ3n) is 2.50. The molecule has 0 aliphatic rings. The zero-order valence-electron chi connectivity index (χ0n) is 7.77. The Kier molecular flexibility index (Phi) is 1.64. The number of thiophene rings is 1. The summed E-state index contributed by atoms with van der Waals surface area (Å²) in [7, 11) is 0. The molecule has 2 nitrogen and oxygen atoms in total. The van der Waals surface area contributed by atoms with Crippen LogP contribution in [0.15, 0.2) is 35.7 Å². The maximum Gasteiger partial charge on any atom is 0.158 e. The molecule has 1 heterocycles. The van der Waals surface area contributed by atoms with E-state index in [4.69, 9.17) is 0 Å². The number of rotatable bonds is 0. The van der Waals surface area contributed by atoms with Crippen molar-refractivity contribution >= 4 is 32.2 Å². The monoisotopic (exact) mass is 216 g/mol. The molecule has 0 spiro atoms. The van der Waals surface area contributed by atoms with Crippen LogP contribution in [0.25, 0.3) is 20.9 Å². The highest BCUT2D eigenvalue weighted by molar-refractivity contribution is 7.17. The van der Waals surface area contributed by atoms with Crippen molar-refractivity contribution in [3.8, 4) is 11.5 Å². The molecular formula is C12H8O2S. The van der Waals surface area contributed by atoms with Crippen molar-refractivity contribution < 1.29 is 10.2 Å². The predicted molar refractivity (Wildman–Crippen MR) is 62.7 cm³/mol. The molecule has 0 atom stereocenters. The average Bonchev–Trinajstić information content (AvgIpc) is 2.63. The molecule has 3 aromatic rings. The smallest absolute Gasteiger partial charge is 0.158 e. The maximum atomic E-state index is 9.39. The second-order valence-electron chi connectivity index (χ2n) is 3.50. The van der Waals surface area contributed by atoms with Crippen LogP contribution in [0.1, 0.15) is 0 Å². The standard InChI is InChI=1S/C12H8O2S/c13-10-4-8-3-7-1-2-15-12(7)6-9(8)5-11(10)14/h1-6,13-14H. The third kappa shape index (κ3) is 1.24. The molecule has 0 aliphatic heterocycles. The summed E-state index contributed by atoms with van der Waals surface area (Å²) in [4.78, 5) is 0. The van der Waals surface area contributed by atoms with E-state index < -0.39 is 0 Å². The summed E-state index contributed by atoms with van der Waals surface area (Å²) < 4.78 is 1.19. The Bertz CT molecular complexity index is 600. The van der Waals surface area contributed by atoms with Gasteiger partial charge >= 0.3 is 0 Å². The van der Waals surface area contributed by atoms with Gasteiger partial charge in [-0.15, -0.1) is 11.3 Å². The van der Waals surface area contributed by atoms with Gasteiger partial charge < -0.3 is 10.2 Å². The molecule has 1 aromatic heterocycles. The van der Waals surface area contributed by atoms with Gasteiger partial charge in [0.05, 0.1) is 0 Å². The molecule has 2 N–H and O–H groups in total. The molecule has 0 saturated carbocycles. The van der Waals surface area contributed by atoms with Crippen molar-refractivity contribution in [1.82, 2.24) is 0 Å². The van der Waals surface area contributed by atoms with E-state index in [2.05, 4.69) is 0 Å². The molecule has 0 bridgehead atoms. The second kappa shape index (κ2) is 2.87. The van der Waals surface area contributed by atoms with E-state index in [1.54, 1.807) is 23.5 Å². The second-order valence-corrected chi connectivity index (χ2v) is 4.45. The lowest BCUT2D eigenvalue weighted by Crippen LogP contribution is -1.74. The minimum atomic E-state index is -0.0721. The molecule has 3 heteroatoms. The Morgan fingerprint density at radius 1 is 0.800 bits per heavy atom. The lowest BCUT2D eigenvalue weighted by atomic mass is 10.1. The van der Waals surface area contributed by atoms with Crippen LogP contribution in [0.4, 0.5) is 0 Å². The van der Waals surface area contributed by atoms with Gasteiger partial charge in [0.15, 0.2) is 11.5 Å². The van der Waals surface area contributed by atoms with Crippen LogP contribution < -0.4 is 0 Å². The fourth-order valence-electron chi connectivity index (χ4n) is 1.74. The summed E-state index contributed by atoms with van der Waals surface area (Å²) >= 11 is 1.67. The van der Waals surface area contributed by atoms with Crippen molar-refractivity contribution in [2.45, 2.75) is 0 Å². The van der Waals surface area contributed by atoms with Crippen LogP contribution in [-0.4, -0.2) is 10.2 Å². The lowest BCUT2D eigenvalue weighted by Gasteiger charge is -2.02. The summed E-state index contributed by atoms with van der Waals surface area (Å²) in [6, 6.07) is 9.25. The highest BCUT2D eigenvalue weighted by atomic mass is 32.1. The van der Waals surface area contributed by atoms with Gasteiger partial charge in [-0.1, -0.05) is 0 Å². The van der Waals surface area contributed by atoms with Crippen molar-refractivity contribution in [2.75, 3.05) is 0 Å². The fourth-order valence-corrected chi connectivity index (χ4v) is 2.55. The van der Waals surface area contributed by atoms with E-state index in [9.17, 15) is 10.2 Å². The number of phenolic OH excluding ortho intramolecular Hbond substituents is 2. The zero-order valence-corrected chi connectivity index (χ0v) is 8.58. The van der Waals surface area contributed by atoms with Gasteiger partial charge in [-0.2, -0.15) is 0 Å². The normalized spacial score (nSPS) is 11.2. The molecule has 15 heavy (non-hydrogen) atoms. The molecule has 74 valence electrons. The first-order valence-corrected chi connectivity index (χ1v) is 5.45. The Balaban J connectivity index is 2.49. The highest BCUT2D eigenvalue weighted by Gasteiger charge is 2.04. The van der Waals surface area contributed by atoms with Crippen molar-refractivity contribution in [3.63, 3.8) is 0 Å². The van der Waals surface area contributed by atoms with Crippen molar-refractivity contribution in [3.05, 3.63) is 35.7 Å². The summed E-state index contributed by atoms with van der Waals surface area (Å²) in [6.45, 7) is 0. The van der Waals surface area contributed by atoms with Crippen LogP contribution in [0.3, 0.4) is 0 Å². The predicted octanol–water partition coefficient (Wildman–Crippen LogP) is 3.47. The lowest BCUT2D eigenvalue weighted by molar-refractivity contribution is 0.405. The van der Waals surface area contributed by atoms with Gasteiger partial charge in [0.1, 0.15) is 0 Å². The Morgan fingerprint density at radius 2 is 1.47 bits per heavy atom.